The molecule has 1 aromatic heterocycles. The van der Waals surface area contributed by atoms with E-state index in [-0.39, 0.29) is 11.9 Å². The highest BCUT2D eigenvalue weighted by atomic mass is 16.2. The predicted molar refractivity (Wildman–Crippen MR) is 61.1 cm³/mol. The van der Waals surface area contributed by atoms with E-state index < -0.39 is 0 Å². The van der Waals surface area contributed by atoms with Crippen molar-refractivity contribution in [3.63, 3.8) is 0 Å². The lowest BCUT2D eigenvalue weighted by molar-refractivity contribution is -0.120. The van der Waals surface area contributed by atoms with Crippen LogP contribution in [0.3, 0.4) is 0 Å². The van der Waals surface area contributed by atoms with Gasteiger partial charge in [-0.05, 0) is 6.92 Å². The minimum atomic E-state index is -0.100. The summed E-state index contributed by atoms with van der Waals surface area (Å²) in [5, 5.41) is 12.5. The smallest absolute Gasteiger partial charge is 0.241 e. The molecule has 0 aliphatic carbocycles. The van der Waals surface area contributed by atoms with Gasteiger partial charge in [0.2, 0.25) is 5.91 Å². The minimum Gasteiger partial charge on any atom is -0.322 e. The molecule has 2 heterocycles. The molecule has 3 N–H and O–H groups in total. The minimum absolute atomic E-state index is 0.0169. The Morgan fingerprint density at radius 3 is 2.94 bits per heavy atom. The third-order valence-corrected chi connectivity index (χ3v) is 2.84. The lowest BCUT2D eigenvalue weighted by atomic mass is 10.2. The fourth-order valence-electron chi connectivity index (χ4n) is 1.80. The van der Waals surface area contributed by atoms with E-state index in [0.29, 0.717) is 5.69 Å². The summed E-state index contributed by atoms with van der Waals surface area (Å²) in [6.07, 6.45) is 3.27. The van der Waals surface area contributed by atoms with Crippen molar-refractivity contribution in [1.29, 1.82) is 0 Å². The van der Waals surface area contributed by atoms with Crippen molar-refractivity contribution in [2.45, 2.75) is 13.0 Å². The molecule has 0 radical (unpaired) electrons. The highest BCUT2D eigenvalue weighted by Gasteiger charge is 2.22. The van der Waals surface area contributed by atoms with E-state index in [1.54, 1.807) is 12.4 Å². The Morgan fingerprint density at radius 2 is 2.31 bits per heavy atom. The predicted octanol–water partition coefficient (Wildman–Crippen LogP) is -0.358. The number of aromatic amines is 1. The molecule has 0 saturated carbocycles. The van der Waals surface area contributed by atoms with Gasteiger partial charge in [-0.2, -0.15) is 5.10 Å². The number of hydrogen-bond acceptors (Lipinski definition) is 4. The average Bonchev–Trinajstić information content (AvgIpc) is 2.82. The zero-order chi connectivity index (χ0) is 11.4. The maximum atomic E-state index is 11.9. The fourth-order valence-corrected chi connectivity index (χ4v) is 1.80. The molecular formula is C10H17N5O. The van der Waals surface area contributed by atoms with Crippen molar-refractivity contribution in [2.75, 3.05) is 31.5 Å². The third-order valence-electron chi connectivity index (χ3n) is 2.84. The largest absolute Gasteiger partial charge is 0.322 e. The summed E-state index contributed by atoms with van der Waals surface area (Å²) in [6, 6.07) is -0.100. The maximum Gasteiger partial charge on any atom is 0.241 e. The molecule has 6 nitrogen and oxygen atoms in total. The first-order chi connectivity index (χ1) is 7.77. The lowest BCUT2D eigenvalue weighted by Gasteiger charge is -2.31. The standard InChI is InChI=1S/C10H17N5O/c1-8(15-4-2-11-3-5-15)10(16)14-9-6-12-13-7-9/h6-8,11H,2-5H2,1H3,(H,12,13)(H,14,16). The molecule has 1 atom stereocenters. The summed E-state index contributed by atoms with van der Waals surface area (Å²) in [7, 11) is 0. The van der Waals surface area contributed by atoms with Crippen LogP contribution in [0.4, 0.5) is 5.69 Å². The van der Waals surface area contributed by atoms with Crippen LogP contribution in [0.25, 0.3) is 0 Å². The van der Waals surface area contributed by atoms with Gasteiger partial charge in [0.05, 0.1) is 17.9 Å². The summed E-state index contributed by atoms with van der Waals surface area (Å²) in [6.45, 7) is 5.66. The molecule has 1 fully saturated rings. The molecule has 2 rings (SSSR count). The van der Waals surface area contributed by atoms with E-state index in [2.05, 4.69) is 25.7 Å². The molecule has 1 saturated heterocycles. The number of rotatable bonds is 3. The van der Waals surface area contributed by atoms with Crippen LogP contribution >= 0.6 is 0 Å². The fraction of sp³-hybridized carbons (Fsp3) is 0.600. The Bertz CT molecular complexity index is 331. The zero-order valence-corrected chi connectivity index (χ0v) is 9.36. The SMILES string of the molecule is CC(C(=O)Nc1cn[nH]c1)N1CCNCC1. The molecule has 0 bridgehead atoms. The van der Waals surface area contributed by atoms with E-state index in [0.717, 1.165) is 26.2 Å². The van der Waals surface area contributed by atoms with Gasteiger partial charge in [-0.15, -0.1) is 0 Å². The Morgan fingerprint density at radius 1 is 1.56 bits per heavy atom. The van der Waals surface area contributed by atoms with Crippen LogP contribution in [0.15, 0.2) is 12.4 Å². The highest BCUT2D eigenvalue weighted by molar-refractivity contribution is 5.94. The Labute approximate surface area is 94.4 Å². The number of aromatic nitrogens is 2. The second-order valence-corrected chi connectivity index (χ2v) is 3.94. The molecule has 1 aromatic rings. The molecule has 6 heteroatoms. The van der Waals surface area contributed by atoms with Crippen molar-refractivity contribution in [2.24, 2.45) is 0 Å². The van der Waals surface area contributed by atoms with Crippen LogP contribution in [-0.2, 0) is 4.79 Å². The number of piperazine rings is 1. The lowest BCUT2D eigenvalue weighted by Crippen LogP contribution is -2.51. The van der Waals surface area contributed by atoms with Gasteiger partial charge in [-0.25, -0.2) is 0 Å². The van der Waals surface area contributed by atoms with Crippen LogP contribution in [0.5, 0.6) is 0 Å². The monoisotopic (exact) mass is 223 g/mol. The Balaban J connectivity index is 1.88. The molecule has 88 valence electrons. The number of carbonyl (C=O) groups is 1. The zero-order valence-electron chi connectivity index (χ0n) is 9.36. The number of H-pyrrole nitrogens is 1. The summed E-state index contributed by atoms with van der Waals surface area (Å²) in [5.41, 5.74) is 0.715. The highest BCUT2D eigenvalue weighted by Crippen LogP contribution is 2.06. The third kappa shape index (κ3) is 2.59. The second kappa shape index (κ2) is 5.09. The van der Waals surface area contributed by atoms with Gasteiger partial charge >= 0.3 is 0 Å². The molecular weight excluding hydrogens is 206 g/mol. The van der Waals surface area contributed by atoms with Crippen molar-refractivity contribution in [3.05, 3.63) is 12.4 Å². The summed E-state index contributed by atoms with van der Waals surface area (Å²) in [4.78, 5) is 14.1. The summed E-state index contributed by atoms with van der Waals surface area (Å²) in [5.74, 6) is 0.0169. The first kappa shape index (κ1) is 11.1. The number of nitrogens with one attached hydrogen (secondary N) is 3. The van der Waals surface area contributed by atoms with Gasteiger partial charge in [-0.1, -0.05) is 0 Å². The summed E-state index contributed by atoms with van der Waals surface area (Å²) >= 11 is 0. The number of nitrogens with zero attached hydrogens (tertiary/aromatic N) is 2. The van der Waals surface area contributed by atoms with E-state index >= 15 is 0 Å². The van der Waals surface area contributed by atoms with Gasteiger partial charge < -0.3 is 10.6 Å². The van der Waals surface area contributed by atoms with Crippen LogP contribution < -0.4 is 10.6 Å². The van der Waals surface area contributed by atoms with E-state index in [1.165, 1.54) is 0 Å². The first-order valence-corrected chi connectivity index (χ1v) is 5.52. The Kier molecular flexibility index (Phi) is 3.53. The molecule has 16 heavy (non-hydrogen) atoms. The molecule has 1 amide bonds. The van der Waals surface area contributed by atoms with Crippen molar-refractivity contribution >= 4 is 11.6 Å². The molecule has 1 aliphatic rings. The quantitative estimate of drug-likeness (QED) is 0.654. The topological polar surface area (TPSA) is 73.0 Å². The van der Waals surface area contributed by atoms with Crippen LogP contribution in [-0.4, -0.2) is 53.2 Å². The molecule has 0 spiro atoms. The van der Waals surface area contributed by atoms with E-state index in [1.807, 2.05) is 6.92 Å². The normalized spacial score (nSPS) is 19.3. The average molecular weight is 223 g/mol. The number of amides is 1. The van der Waals surface area contributed by atoms with Gasteiger partial charge in [-0.3, -0.25) is 14.8 Å². The number of carbonyl (C=O) groups excluding carboxylic acids is 1. The Hall–Kier alpha value is -1.40. The van der Waals surface area contributed by atoms with Gasteiger partial charge in [0.15, 0.2) is 0 Å². The van der Waals surface area contributed by atoms with Gasteiger partial charge in [0.25, 0.3) is 0 Å². The maximum absolute atomic E-state index is 11.9. The first-order valence-electron chi connectivity index (χ1n) is 5.52. The van der Waals surface area contributed by atoms with Crippen molar-refractivity contribution < 1.29 is 4.79 Å². The number of hydrogen-bond donors (Lipinski definition) is 3. The van der Waals surface area contributed by atoms with Crippen LogP contribution in [0, 0.1) is 0 Å². The van der Waals surface area contributed by atoms with Crippen molar-refractivity contribution in [1.82, 2.24) is 20.4 Å². The van der Waals surface area contributed by atoms with Gasteiger partial charge in [0.1, 0.15) is 0 Å². The molecule has 1 unspecified atom stereocenters. The van der Waals surface area contributed by atoms with Gasteiger partial charge in [0, 0.05) is 32.4 Å². The molecule has 0 aromatic carbocycles. The van der Waals surface area contributed by atoms with E-state index in [4.69, 9.17) is 0 Å². The van der Waals surface area contributed by atoms with E-state index in [9.17, 15) is 4.79 Å². The molecule has 1 aliphatic heterocycles. The van der Waals surface area contributed by atoms with Crippen molar-refractivity contribution in [3.8, 4) is 0 Å². The second-order valence-electron chi connectivity index (χ2n) is 3.94. The summed E-state index contributed by atoms with van der Waals surface area (Å²) < 4.78 is 0. The number of anilines is 1. The van der Waals surface area contributed by atoms with Crippen LogP contribution in [0.1, 0.15) is 6.92 Å². The van der Waals surface area contributed by atoms with Crippen LogP contribution in [0.2, 0.25) is 0 Å².